The van der Waals surface area contributed by atoms with Crippen LogP contribution in [0.4, 0.5) is 0 Å². The van der Waals surface area contributed by atoms with Crippen molar-refractivity contribution in [1.82, 2.24) is 9.55 Å². The van der Waals surface area contributed by atoms with E-state index in [0.717, 1.165) is 30.2 Å². The van der Waals surface area contributed by atoms with Gasteiger partial charge in [-0.1, -0.05) is 12.1 Å². The van der Waals surface area contributed by atoms with Crippen molar-refractivity contribution in [1.29, 1.82) is 0 Å². The Morgan fingerprint density at radius 1 is 1.29 bits per heavy atom. The van der Waals surface area contributed by atoms with E-state index in [1.54, 1.807) is 6.20 Å². The smallest absolute Gasteiger partial charge is 0.128 e. The lowest BCUT2D eigenvalue weighted by atomic mass is 10.0. The first-order chi connectivity index (χ1) is 13.6. The van der Waals surface area contributed by atoms with E-state index in [2.05, 4.69) is 60.5 Å². The van der Waals surface area contributed by atoms with Crippen LogP contribution in [0, 0.1) is 0 Å². The molecule has 0 saturated heterocycles. The number of benzene rings is 2. The van der Waals surface area contributed by atoms with Crippen LogP contribution in [0.25, 0.3) is 5.69 Å². The first kappa shape index (κ1) is 18.6. The predicted molar refractivity (Wildman–Crippen MR) is 109 cm³/mol. The van der Waals surface area contributed by atoms with Gasteiger partial charge in [-0.3, -0.25) is 0 Å². The summed E-state index contributed by atoms with van der Waals surface area (Å²) in [5.41, 5.74) is 4.87. The normalized spacial score (nSPS) is 16.5. The van der Waals surface area contributed by atoms with Crippen LogP contribution in [0.5, 0.6) is 11.5 Å². The first-order valence-electron chi connectivity index (χ1n) is 10.0. The summed E-state index contributed by atoms with van der Waals surface area (Å²) in [5.74, 6) is 1.99. The van der Waals surface area contributed by atoms with Gasteiger partial charge in [0.2, 0.25) is 0 Å². The van der Waals surface area contributed by atoms with Crippen LogP contribution in [0.3, 0.4) is 0 Å². The van der Waals surface area contributed by atoms with E-state index in [4.69, 9.17) is 9.47 Å². The van der Waals surface area contributed by atoms with Crippen molar-refractivity contribution < 1.29 is 14.8 Å². The zero-order valence-corrected chi connectivity index (χ0v) is 16.8. The zero-order valence-electron chi connectivity index (χ0n) is 16.8. The van der Waals surface area contributed by atoms with E-state index in [-0.39, 0.29) is 6.10 Å². The molecule has 0 fully saturated rings. The van der Waals surface area contributed by atoms with Crippen LogP contribution in [-0.4, -0.2) is 22.3 Å². The summed E-state index contributed by atoms with van der Waals surface area (Å²) in [6.45, 7) is 7.91. The van der Waals surface area contributed by atoms with Crippen LogP contribution in [-0.2, 0) is 13.0 Å². The average Bonchev–Trinajstić information content (AvgIpc) is 3.35. The minimum atomic E-state index is 0.247. The second kappa shape index (κ2) is 8.07. The summed E-state index contributed by atoms with van der Waals surface area (Å²) in [7, 11) is 0. The average molecular weight is 378 g/mol. The highest BCUT2D eigenvalue weighted by atomic mass is 16.5. The van der Waals surface area contributed by atoms with E-state index in [1.807, 2.05) is 24.0 Å². The maximum atomic E-state index is 5.94. The van der Waals surface area contributed by atoms with Gasteiger partial charge in [0.1, 0.15) is 30.2 Å². The van der Waals surface area contributed by atoms with Gasteiger partial charge in [-0.25, -0.2) is 4.98 Å². The second-order valence-electron chi connectivity index (χ2n) is 7.42. The van der Waals surface area contributed by atoms with Crippen molar-refractivity contribution >= 4 is 0 Å². The number of imidazole rings is 1. The summed E-state index contributed by atoms with van der Waals surface area (Å²) in [6, 6.07) is 13.3. The molecule has 146 valence electrons. The summed E-state index contributed by atoms with van der Waals surface area (Å²) < 4.78 is 13.9. The molecule has 0 aliphatic carbocycles. The molecule has 2 atom stereocenters. The Hall–Kier alpha value is -2.79. The van der Waals surface area contributed by atoms with E-state index >= 15 is 0 Å². The van der Waals surface area contributed by atoms with E-state index in [1.165, 1.54) is 16.7 Å². The Balaban J connectivity index is 1.46. The SMILES string of the molecule is CCOc1cc2c(cc1C[NH2+][C@H](C)c1ccc(-n3ccnc3)cc1)O[C@H](C)C2. The van der Waals surface area contributed by atoms with Crippen molar-refractivity contribution in [3.05, 3.63) is 71.8 Å². The minimum absolute atomic E-state index is 0.247. The Labute approximate surface area is 166 Å². The third kappa shape index (κ3) is 3.90. The molecular formula is C23H28N3O2+. The standard InChI is InChI=1S/C23H27N3O2/c1-4-27-22-12-19-11-16(2)28-23(19)13-20(22)14-25-17(3)18-5-7-21(8-6-18)26-10-9-24-15-26/h5-10,12-13,15-17,25H,4,11,14H2,1-3H3/p+1/t16-,17-/m1/s1. The van der Waals surface area contributed by atoms with Gasteiger partial charge in [0.05, 0.1) is 18.5 Å². The largest absolute Gasteiger partial charge is 0.493 e. The fourth-order valence-electron chi connectivity index (χ4n) is 3.73. The van der Waals surface area contributed by atoms with Gasteiger partial charge in [-0.2, -0.15) is 0 Å². The van der Waals surface area contributed by atoms with Gasteiger partial charge < -0.3 is 19.4 Å². The summed E-state index contributed by atoms with van der Waals surface area (Å²) in [5, 5.41) is 2.34. The lowest BCUT2D eigenvalue weighted by Crippen LogP contribution is -2.83. The van der Waals surface area contributed by atoms with Crippen molar-refractivity contribution in [3.63, 3.8) is 0 Å². The molecule has 2 aromatic carbocycles. The number of ether oxygens (including phenoxy) is 2. The maximum Gasteiger partial charge on any atom is 0.128 e. The number of hydrogen-bond donors (Lipinski definition) is 1. The molecule has 0 unspecified atom stereocenters. The van der Waals surface area contributed by atoms with E-state index in [9.17, 15) is 0 Å². The topological polar surface area (TPSA) is 52.9 Å². The number of nitrogens with two attached hydrogens (primary N) is 1. The minimum Gasteiger partial charge on any atom is -0.493 e. The molecule has 5 heteroatoms. The summed E-state index contributed by atoms with van der Waals surface area (Å²) >= 11 is 0. The molecule has 0 radical (unpaired) electrons. The third-order valence-corrected chi connectivity index (χ3v) is 5.29. The monoisotopic (exact) mass is 378 g/mol. The Bertz CT molecular complexity index is 920. The number of rotatable bonds is 7. The number of nitrogens with zero attached hydrogens (tertiary/aromatic N) is 2. The molecule has 1 aromatic heterocycles. The number of quaternary nitrogens is 1. The highest BCUT2D eigenvalue weighted by Gasteiger charge is 2.22. The number of hydrogen-bond acceptors (Lipinski definition) is 3. The fraction of sp³-hybridized carbons (Fsp3) is 0.348. The third-order valence-electron chi connectivity index (χ3n) is 5.29. The summed E-state index contributed by atoms with van der Waals surface area (Å²) in [6.07, 6.45) is 6.77. The Morgan fingerprint density at radius 2 is 2.11 bits per heavy atom. The van der Waals surface area contributed by atoms with Crippen LogP contribution in [0.2, 0.25) is 0 Å². The highest BCUT2D eigenvalue weighted by molar-refractivity contribution is 5.48. The lowest BCUT2D eigenvalue weighted by molar-refractivity contribution is -0.708. The van der Waals surface area contributed by atoms with Gasteiger partial charge in [-0.05, 0) is 45.0 Å². The molecule has 0 bridgehead atoms. The molecule has 5 nitrogen and oxygen atoms in total. The molecule has 2 heterocycles. The van der Waals surface area contributed by atoms with Gasteiger partial charge in [-0.15, -0.1) is 0 Å². The molecule has 2 N–H and O–H groups in total. The molecule has 0 spiro atoms. The van der Waals surface area contributed by atoms with Crippen LogP contribution < -0.4 is 14.8 Å². The van der Waals surface area contributed by atoms with Crippen molar-refractivity contribution in [2.45, 2.75) is 45.9 Å². The quantitative estimate of drug-likeness (QED) is 0.685. The second-order valence-corrected chi connectivity index (χ2v) is 7.42. The fourth-order valence-corrected chi connectivity index (χ4v) is 3.73. The van der Waals surface area contributed by atoms with Crippen molar-refractivity contribution in [2.75, 3.05) is 6.61 Å². The zero-order chi connectivity index (χ0) is 19.5. The molecule has 4 rings (SSSR count). The van der Waals surface area contributed by atoms with Crippen molar-refractivity contribution in [2.24, 2.45) is 0 Å². The lowest BCUT2D eigenvalue weighted by Gasteiger charge is -2.15. The van der Waals surface area contributed by atoms with Crippen LogP contribution in [0.15, 0.2) is 55.1 Å². The molecule has 1 aliphatic rings. The van der Waals surface area contributed by atoms with Crippen LogP contribution in [0.1, 0.15) is 43.5 Å². The van der Waals surface area contributed by atoms with E-state index < -0.39 is 0 Å². The van der Waals surface area contributed by atoms with Gasteiger partial charge >= 0.3 is 0 Å². The van der Waals surface area contributed by atoms with Crippen molar-refractivity contribution in [3.8, 4) is 17.2 Å². The van der Waals surface area contributed by atoms with Crippen LogP contribution >= 0.6 is 0 Å². The van der Waals surface area contributed by atoms with E-state index in [0.29, 0.717) is 12.6 Å². The Kier molecular flexibility index (Phi) is 5.35. The molecule has 1 aliphatic heterocycles. The molecule has 28 heavy (non-hydrogen) atoms. The molecule has 3 aromatic rings. The van der Waals surface area contributed by atoms with Gasteiger partial charge in [0.15, 0.2) is 0 Å². The molecule has 0 amide bonds. The first-order valence-corrected chi connectivity index (χ1v) is 10.0. The highest BCUT2D eigenvalue weighted by Crippen LogP contribution is 2.34. The molecular weight excluding hydrogens is 350 g/mol. The predicted octanol–water partition coefficient (Wildman–Crippen LogP) is 3.42. The Morgan fingerprint density at radius 3 is 2.82 bits per heavy atom. The number of aromatic nitrogens is 2. The molecule has 0 saturated carbocycles. The summed E-state index contributed by atoms with van der Waals surface area (Å²) in [4.78, 5) is 4.11. The van der Waals surface area contributed by atoms with Gasteiger partial charge in [0, 0.05) is 35.6 Å². The number of fused-ring (bicyclic) bond motifs is 1. The maximum absolute atomic E-state index is 5.94. The van der Waals surface area contributed by atoms with Gasteiger partial charge in [0.25, 0.3) is 0 Å².